The number of amides is 1. The summed E-state index contributed by atoms with van der Waals surface area (Å²) in [6.07, 6.45) is 0. The lowest BCUT2D eigenvalue weighted by atomic mass is 10.1. The maximum atomic E-state index is 12.4. The van der Waals surface area contributed by atoms with Gasteiger partial charge in [0, 0.05) is 34.4 Å². The molecule has 0 bridgehead atoms. The highest BCUT2D eigenvalue weighted by atomic mass is 16.1. The third-order valence-corrected chi connectivity index (χ3v) is 4.85. The predicted molar refractivity (Wildman–Crippen MR) is 130 cm³/mol. The SMILES string of the molecule is Cc1ccc(Nc2cc(C)nc(Nc3ccc(NC(=O)c4ccc(C#N)cc4)cc3)n2)cc1. The van der Waals surface area contributed by atoms with Crippen molar-refractivity contribution in [1.82, 2.24) is 9.97 Å². The first-order valence-corrected chi connectivity index (χ1v) is 10.4. The first-order chi connectivity index (χ1) is 16.0. The third kappa shape index (κ3) is 5.71. The second-order valence-corrected chi connectivity index (χ2v) is 7.55. The molecule has 0 aliphatic heterocycles. The molecule has 0 atom stereocenters. The number of nitrogens with one attached hydrogen (secondary N) is 3. The fourth-order valence-electron chi connectivity index (χ4n) is 3.14. The molecule has 4 rings (SSSR count). The van der Waals surface area contributed by atoms with Gasteiger partial charge in [-0.1, -0.05) is 17.7 Å². The van der Waals surface area contributed by atoms with Crippen molar-refractivity contribution in [2.24, 2.45) is 0 Å². The summed E-state index contributed by atoms with van der Waals surface area (Å²) in [6.45, 7) is 3.96. The number of hydrogen-bond donors (Lipinski definition) is 3. The lowest BCUT2D eigenvalue weighted by Crippen LogP contribution is -2.11. The molecule has 1 aromatic heterocycles. The molecule has 0 saturated heterocycles. The maximum absolute atomic E-state index is 12.4. The van der Waals surface area contributed by atoms with E-state index in [-0.39, 0.29) is 5.91 Å². The van der Waals surface area contributed by atoms with Crippen molar-refractivity contribution >= 4 is 34.7 Å². The highest BCUT2D eigenvalue weighted by Crippen LogP contribution is 2.21. The summed E-state index contributed by atoms with van der Waals surface area (Å²) >= 11 is 0. The summed E-state index contributed by atoms with van der Waals surface area (Å²) in [5.74, 6) is 0.924. The van der Waals surface area contributed by atoms with E-state index in [0.29, 0.717) is 28.6 Å². The van der Waals surface area contributed by atoms with Gasteiger partial charge in [-0.2, -0.15) is 10.2 Å². The number of aryl methyl sites for hydroxylation is 2. The minimum absolute atomic E-state index is 0.242. The minimum Gasteiger partial charge on any atom is -0.340 e. The number of anilines is 5. The molecule has 4 aromatic rings. The lowest BCUT2D eigenvalue weighted by Gasteiger charge is -2.11. The predicted octanol–water partition coefficient (Wildman–Crippen LogP) is 5.70. The van der Waals surface area contributed by atoms with E-state index in [1.165, 1.54) is 5.56 Å². The molecule has 0 fully saturated rings. The number of carbonyl (C=O) groups is 1. The summed E-state index contributed by atoms with van der Waals surface area (Å²) in [5, 5.41) is 18.2. The van der Waals surface area contributed by atoms with E-state index in [2.05, 4.69) is 25.9 Å². The van der Waals surface area contributed by atoms with Crippen LogP contribution in [0.2, 0.25) is 0 Å². The normalized spacial score (nSPS) is 10.2. The van der Waals surface area contributed by atoms with Crippen LogP contribution in [0.25, 0.3) is 0 Å². The molecule has 3 aromatic carbocycles. The molecule has 1 heterocycles. The molecule has 0 aliphatic rings. The van der Waals surface area contributed by atoms with Crippen LogP contribution in [-0.4, -0.2) is 15.9 Å². The number of hydrogen-bond acceptors (Lipinski definition) is 6. The first-order valence-electron chi connectivity index (χ1n) is 10.4. The van der Waals surface area contributed by atoms with Gasteiger partial charge < -0.3 is 16.0 Å². The smallest absolute Gasteiger partial charge is 0.255 e. The Labute approximate surface area is 192 Å². The van der Waals surface area contributed by atoms with Crippen molar-refractivity contribution in [1.29, 1.82) is 5.26 Å². The zero-order valence-electron chi connectivity index (χ0n) is 18.3. The highest BCUT2D eigenvalue weighted by molar-refractivity contribution is 6.04. The molecule has 0 radical (unpaired) electrons. The Kier molecular flexibility index (Phi) is 6.28. The average molecular weight is 435 g/mol. The van der Waals surface area contributed by atoms with E-state index in [4.69, 9.17) is 5.26 Å². The van der Waals surface area contributed by atoms with Crippen LogP contribution >= 0.6 is 0 Å². The zero-order valence-corrected chi connectivity index (χ0v) is 18.3. The van der Waals surface area contributed by atoms with Gasteiger partial charge in [-0.25, -0.2) is 4.98 Å². The summed E-state index contributed by atoms with van der Waals surface area (Å²) in [7, 11) is 0. The van der Waals surface area contributed by atoms with Gasteiger partial charge in [-0.15, -0.1) is 0 Å². The fraction of sp³-hybridized carbons (Fsp3) is 0.0769. The minimum atomic E-state index is -0.242. The number of carbonyl (C=O) groups excluding carboxylic acids is 1. The summed E-state index contributed by atoms with van der Waals surface area (Å²) in [5.41, 5.74) is 5.41. The number of rotatable bonds is 6. The van der Waals surface area contributed by atoms with Crippen LogP contribution in [0.3, 0.4) is 0 Å². The Morgan fingerprint density at radius 2 is 1.39 bits per heavy atom. The third-order valence-electron chi connectivity index (χ3n) is 4.85. The Morgan fingerprint density at radius 1 is 0.788 bits per heavy atom. The maximum Gasteiger partial charge on any atom is 0.255 e. The van der Waals surface area contributed by atoms with Gasteiger partial charge in [0.05, 0.1) is 11.6 Å². The van der Waals surface area contributed by atoms with Crippen LogP contribution in [0.15, 0.2) is 78.9 Å². The molecule has 33 heavy (non-hydrogen) atoms. The van der Waals surface area contributed by atoms with Gasteiger partial charge in [0.25, 0.3) is 5.91 Å². The molecule has 3 N–H and O–H groups in total. The van der Waals surface area contributed by atoms with Crippen LogP contribution in [0, 0.1) is 25.2 Å². The Balaban J connectivity index is 1.42. The molecule has 0 unspecified atom stereocenters. The molecule has 7 heteroatoms. The van der Waals surface area contributed by atoms with Crippen molar-refractivity contribution in [2.75, 3.05) is 16.0 Å². The van der Waals surface area contributed by atoms with Gasteiger partial charge in [-0.05, 0) is 74.5 Å². The molecule has 162 valence electrons. The van der Waals surface area contributed by atoms with Crippen LogP contribution in [-0.2, 0) is 0 Å². The standard InChI is InChI=1S/C26H22N6O/c1-17-3-9-21(10-4-17)29-24-15-18(2)28-26(32-24)31-23-13-11-22(12-14-23)30-25(33)20-7-5-19(16-27)6-8-20/h3-15H,1-2H3,(H,30,33)(H2,28,29,31,32). The molecule has 0 spiro atoms. The molecular weight excluding hydrogens is 412 g/mol. The van der Waals surface area contributed by atoms with Crippen molar-refractivity contribution in [3.63, 3.8) is 0 Å². The average Bonchev–Trinajstić information content (AvgIpc) is 2.81. The molecule has 0 saturated carbocycles. The fourth-order valence-corrected chi connectivity index (χ4v) is 3.14. The van der Waals surface area contributed by atoms with Crippen molar-refractivity contribution < 1.29 is 4.79 Å². The second-order valence-electron chi connectivity index (χ2n) is 7.55. The van der Waals surface area contributed by atoms with Gasteiger partial charge in [0.2, 0.25) is 5.95 Å². The second kappa shape index (κ2) is 9.62. The van der Waals surface area contributed by atoms with Crippen LogP contribution < -0.4 is 16.0 Å². The Morgan fingerprint density at radius 3 is 2.06 bits per heavy atom. The van der Waals surface area contributed by atoms with Gasteiger partial charge in [-0.3, -0.25) is 4.79 Å². The van der Waals surface area contributed by atoms with Crippen LogP contribution in [0.5, 0.6) is 0 Å². The van der Waals surface area contributed by atoms with E-state index in [0.717, 1.165) is 17.1 Å². The monoisotopic (exact) mass is 434 g/mol. The quantitative estimate of drug-likeness (QED) is 0.359. The van der Waals surface area contributed by atoms with Crippen LogP contribution in [0.4, 0.5) is 28.8 Å². The first kappa shape index (κ1) is 21.5. The van der Waals surface area contributed by atoms with Gasteiger partial charge in [0.1, 0.15) is 5.82 Å². The van der Waals surface area contributed by atoms with Crippen LogP contribution in [0.1, 0.15) is 27.2 Å². The molecule has 0 aliphatic carbocycles. The van der Waals surface area contributed by atoms with E-state index in [9.17, 15) is 4.79 Å². The lowest BCUT2D eigenvalue weighted by molar-refractivity contribution is 0.102. The highest BCUT2D eigenvalue weighted by Gasteiger charge is 2.07. The molecule has 7 nitrogen and oxygen atoms in total. The molecular formula is C26H22N6O. The number of aromatic nitrogens is 2. The van der Waals surface area contributed by atoms with Crippen molar-refractivity contribution in [3.8, 4) is 6.07 Å². The van der Waals surface area contributed by atoms with E-state index in [1.54, 1.807) is 36.4 Å². The van der Waals surface area contributed by atoms with Crippen molar-refractivity contribution in [3.05, 3.63) is 101 Å². The van der Waals surface area contributed by atoms with Crippen molar-refractivity contribution in [2.45, 2.75) is 13.8 Å². The largest absolute Gasteiger partial charge is 0.340 e. The topological polar surface area (TPSA) is 103 Å². The summed E-state index contributed by atoms with van der Waals surface area (Å²) in [4.78, 5) is 21.4. The van der Waals surface area contributed by atoms with Gasteiger partial charge in [0.15, 0.2) is 0 Å². The van der Waals surface area contributed by atoms with Gasteiger partial charge >= 0.3 is 0 Å². The Bertz CT molecular complexity index is 1310. The van der Waals surface area contributed by atoms with E-state index < -0.39 is 0 Å². The number of nitriles is 1. The summed E-state index contributed by atoms with van der Waals surface area (Å²) in [6, 6.07) is 25.8. The summed E-state index contributed by atoms with van der Waals surface area (Å²) < 4.78 is 0. The zero-order chi connectivity index (χ0) is 23.2. The Hall–Kier alpha value is -4.70. The van der Waals surface area contributed by atoms with E-state index in [1.807, 2.05) is 62.4 Å². The molecule has 1 amide bonds. The number of benzene rings is 3. The number of nitrogens with zero attached hydrogens (tertiary/aromatic N) is 3. The van der Waals surface area contributed by atoms with E-state index >= 15 is 0 Å².